The smallest absolute Gasteiger partial charge is 0.191 e. The van der Waals surface area contributed by atoms with Gasteiger partial charge in [0, 0.05) is 33.2 Å². The third-order valence-corrected chi connectivity index (χ3v) is 5.12. The van der Waals surface area contributed by atoms with Crippen molar-refractivity contribution in [3.05, 3.63) is 35.9 Å². The summed E-state index contributed by atoms with van der Waals surface area (Å²) in [5, 5.41) is 6.93. The maximum atomic E-state index is 5.52. The summed E-state index contributed by atoms with van der Waals surface area (Å²) >= 11 is 1.90. The molecule has 1 heterocycles. The lowest BCUT2D eigenvalue weighted by molar-refractivity contribution is 0.0170. The Morgan fingerprint density at radius 2 is 1.96 bits per heavy atom. The van der Waals surface area contributed by atoms with E-state index >= 15 is 0 Å². The van der Waals surface area contributed by atoms with Gasteiger partial charge in [0.15, 0.2) is 5.96 Å². The van der Waals surface area contributed by atoms with Crippen LogP contribution in [0.4, 0.5) is 0 Å². The molecule has 1 aliphatic rings. The zero-order valence-electron chi connectivity index (χ0n) is 15.5. The summed E-state index contributed by atoms with van der Waals surface area (Å²) < 4.78 is 5.52. The Kier molecular flexibility index (Phi) is 9.77. The molecule has 2 rings (SSSR count). The van der Waals surface area contributed by atoms with Crippen molar-refractivity contribution >= 4 is 17.7 Å². The first-order valence-corrected chi connectivity index (χ1v) is 10.5. The maximum Gasteiger partial charge on any atom is 0.191 e. The first kappa shape index (κ1) is 20.1. The van der Waals surface area contributed by atoms with Crippen molar-refractivity contribution in [2.24, 2.45) is 4.99 Å². The number of ether oxygens (including phenoxy) is 1. The molecule has 2 N–H and O–H groups in total. The number of thioether (sulfide) groups is 1. The Balaban J connectivity index is 1.87. The molecular weight excluding hydrogens is 332 g/mol. The fourth-order valence-electron chi connectivity index (χ4n) is 3.01. The SMILES string of the molecule is CN=C(NCCCCSC)NCC(c1ccccc1)N1CCOCC1. The van der Waals surface area contributed by atoms with Crippen LogP contribution >= 0.6 is 11.8 Å². The van der Waals surface area contributed by atoms with Crippen molar-refractivity contribution in [3.8, 4) is 0 Å². The number of morpholine rings is 1. The van der Waals surface area contributed by atoms with Gasteiger partial charge in [-0.1, -0.05) is 30.3 Å². The summed E-state index contributed by atoms with van der Waals surface area (Å²) in [5.74, 6) is 2.11. The zero-order chi connectivity index (χ0) is 17.7. The molecule has 6 heteroatoms. The molecule has 5 nitrogen and oxygen atoms in total. The van der Waals surface area contributed by atoms with E-state index in [1.165, 1.54) is 24.2 Å². The second kappa shape index (κ2) is 12.2. The number of nitrogens with one attached hydrogen (secondary N) is 2. The number of guanidine groups is 1. The van der Waals surface area contributed by atoms with Crippen LogP contribution in [-0.4, -0.2) is 69.3 Å². The van der Waals surface area contributed by atoms with Gasteiger partial charge in [-0.2, -0.15) is 11.8 Å². The zero-order valence-corrected chi connectivity index (χ0v) is 16.4. The topological polar surface area (TPSA) is 48.9 Å². The van der Waals surface area contributed by atoms with Crippen molar-refractivity contribution < 1.29 is 4.74 Å². The Labute approximate surface area is 156 Å². The lowest BCUT2D eigenvalue weighted by Gasteiger charge is -2.35. The molecule has 25 heavy (non-hydrogen) atoms. The monoisotopic (exact) mass is 364 g/mol. The first-order valence-electron chi connectivity index (χ1n) is 9.15. The molecule has 1 aromatic carbocycles. The van der Waals surface area contributed by atoms with Gasteiger partial charge in [0.05, 0.1) is 19.3 Å². The van der Waals surface area contributed by atoms with E-state index in [1.54, 1.807) is 0 Å². The second-order valence-corrected chi connectivity index (χ2v) is 7.14. The fourth-order valence-corrected chi connectivity index (χ4v) is 3.51. The summed E-state index contributed by atoms with van der Waals surface area (Å²) in [7, 11) is 1.84. The average molecular weight is 365 g/mol. The predicted molar refractivity (Wildman–Crippen MR) is 109 cm³/mol. The molecule has 140 valence electrons. The van der Waals surface area contributed by atoms with E-state index < -0.39 is 0 Å². The number of benzene rings is 1. The summed E-state index contributed by atoms with van der Waals surface area (Å²) in [5.41, 5.74) is 1.34. The molecule has 0 radical (unpaired) electrons. The van der Waals surface area contributed by atoms with Crippen LogP contribution in [0, 0.1) is 0 Å². The van der Waals surface area contributed by atoms with Crippen LogP contribution in [0.1, 0.15) is 24.4 Å². The van der Waals surface area contributed by atoms with Crippen LogP contribution in [0.5, 0.6) is 0 Å². The number of rotatable bonds is 9. The molecule has 1 aliphatic heterocycles. The van der Waals surface area contributed by atoms with Crippen molar-refractivity contribution in [3.63, 3.8) is 0 Å². The highest BCUT2D eigenvalue weighted by atomic mass is 32.2. The van der Waals surface area contributed by atoms with Gasteiger partial charge >= 0.3 is 0 Å². The molecule has 0 spiro atoms. The molecule has 0 saturated carbocycles. The predicted octanol–water partition coefficient (Wildman–Crippen LogP) is 2.37. The van der Waals surface area contributed by atoms with E-state index in [-0.39, 0.29) is 0 Å². The summed E-state index contributed by atoms with van der Waals surface area (Å²) in [6, 6.07) is 11.0. The molecule has 0 bridgehead atoms. The first-order chi connectivity index (χ1) is 12.3. The number of hydrogen-bond donors (Lipinski definition) is 2. The fraction of sp³-hybridized carbons (Fsp3) is 0.632. The van der Waals surface area contributed by atoms with Gasteiger partial charge in [0.2, 0.25) is 0 Å². The molecule has 1 atom stereocenters. The van der Waals surface area contributed by atoms with E-state index in [9.17, 15) is 0 Å². The van der Waals surface area contributed by atoms with Gasteiger partial charge in [-0.15, -0.1) is 0 Å². The Morgan fingerprint density at radius 1 is 1.20 bits per heavy atom. The Hall–Kier alpha value is -1.24. The number of aliphatic imine (C=N–C) groups is 1. The quantitative estimate of drug-likeness (QED) is 0.400. The minimum absolute atomic E-state index is 0.333. The summed E-state index contributed by atoms with van der Waals surface area (Å²) in [6.07, 6.45) is 4.57. The summed E-state index contributed by atoms with van der Waals surface area (Å²) in [4.78, 5) is 6.86. The van der Waals surface area contributed by atoms with E-state index in [4.69, 9.17) is 4.74 Å². The summed E-state index contributed by atoms with van der Waals surface area (Å²) in [6.45, 7) is 5.38. The maximum absolute atomic E-state index is 5.52. The largest absolute Gasteiger partial charge is 0.379 e. The van der Waals surface area contributed by atoms with E-state index in [0.29, 0.717) is 6.04 Å². The van der Waals surface area contributed by atoms with Crippen molar-refractivity contribution in [1.29, 1.82) is 0 Å². The van der Waals surface area contributed by atoms with Crippen LogP contribution in [0.25, 0.3) is 0 Å². The lowest BCUT2D eigenvalue weighted by Crippen LogP contribution is -2.46. The molecular formula is C19H32N4OS. The molecule has 1 aromatic rings. The van der Waals surface area contributed by atoms with Gasteiger partial charge in [-0.25, -0.2) is 0 Å². The molecule has 1 saturated heterocycles. The highest BCUT2D eigenvalue weighted by molar-refractivity contribution is 7.98. The molecule has 1 unspecified atom stereocenters. The van der Waals surface area contributed by atoms with Gasteiger partial charge in [-0.05, 0) is 30.4 Å². The Morgan fingerprint density at radius 3 is 2.64 bits per heavy atom. The molecule has 0 aromatic heterocycles. The van der Waals surface area contributed by atoms with E-state index in [1.807, 2.05) is 18.8 Å². The van der Waals surface area contributed by atoms with Gasteiger partial charge in [0.25, 0.3) is 0 Å². The Bertz CT molecular complexity index is 491. The van der Waals surface area contributed by atoms with Crippen molar-refractivity contribution in [2.45, 2.75) is 18.9 Å². The van der Waals surface area contributed by atoms with Crippen LogP contribution in [-0.2, 0) is 4.74 Å². The second-order valence-electron chi connectivity index (χ2n) is 6.15. The highest BCUT2D eigenvalue weighted by Gasteiger charge is 2.22. The third kappa shape index (κ3) is 7.26. The van der Waals surface area contributed by atoms with Crippen LogP contribution in [0.2, 0.25) is 0 Å². The minimum Gasteiger partial charge on any atom is -0.379 e. The van der Waals surface area contributed by atoms with Crippen molar-refractivity contribution in [2.75, 3.05) is 58.4 Å². The van der Waals surface area contributed by atoms with Crippen LogP contribution in [0.3, 0.4) is 0 Å². The van der Waals surface area contributed by atoms with Gasteiger partial charge < -0.3 is 15.4 Å². The highest BCUT2D eigenvalue weighted by Crippen LogP contribution is 2.20. The van der Waals surface area contributed by atoms with Crippen LogP contribution < -0.4 is 10.6 Å². The molecule has 0 amide bonds. The van der Waals surface area contributed by atoms with Gasteiger partial charge in [0.1, 0.15) is 0 Å². The number of unbranched alkanes of at least 4 members (excludes halogenated alkanes) is 1. The van der Waals surface area contributed by atoms with Gasteiger partial charge in [-0.3, -0.25) is 9.89 Å². The lowest BCUT2D eigenvalue weighted by atomic mass is 10.0. The van der Waals surface area contributed by atoms with Crippen molar-refractivity contribution in [1.82, 2.24) is 15.5 Å². The van der Waals surface area contributed by atoms with E-state index in [0.717, 1.165) is 45.4 Å². The van der Waals surface area contributed by atoms with Crippen LogP contribution in [0.15, 0.2) is 35.3 Å². The molecule has 0 aliphatic carbocycles. The average Bonchev–Trinajstić information content (AvgIpc) is 2.68. The number of nitrogens with zero attached hydrogens (tertiary/aromatic N) is 2. The standard InChI is InChI=1S/C19H32N4OS/c1-20-19(21-10-6-7-15-25-2)22-16-18(17-8-4-3-5-9-17)23-11-13-24-14-12-23/h3-5,8-9,18H,6-7,10-16H2,1-2H3,(H2,20,21,22). The minimum atomic E-state index is 0.333. The number of hydrogen-bond acceptors (Lipinski definition) is 4. The third-order valence-electron chi connectivity index (χ3n) is 4.42. The van der Waals surface area contributed by atoms with E-state index in [2.05, 4.69) is 57.1 Å². The molecule has 1 fully saturated rings. The normalized spacial score (nSPS) is 17.3.